The van der Waals surface area contributed by atoms with Gasteiger partial charge in [0, 0.05) is 5.56 Å². The van der Waals surface area contributed by atoms with Gasteiger partial charge in [-0.25, -0.2) is 4.68 Å². The summed E-state index contributed by atoms with van der Waals surface area (Å²) in [6.45, 7) is 2.16. The fourth-order valence-electron chi connectivity index (χ4n) is 1.78. The zero-order valence-electron chi connectivity index (χ0n) is 11.1. The lowest BCUT2D eigenvalue weighted by Crippen LogP contribution is -2.00. The fourth-order valence-corrected chi connectivity index (χ4v) is 2.10. The van der Waals surface area contributed by atoms with Crippen molar-refractivity contribution in [2.45, 2.75) is 18.8 Å². The standard InChI is InChI=1S/C13H11Cl2N5O/c1-8(14)11-6-20(19-17-11)7-12-16-13(18-21-12)9-4-2-3-5-10(9)15/h2-6,8H,7H2,1H3. The molecule has 0 aliphatic rings. The highest BCUT2D eigenvalue weighted by atomic mass is 35.5. The van der Waals surface area contributed by atoms with Crippen LogP contribution in [0.4, 0.5) is 0 Å². The van der Waals surface area contributed by atoms with Gasteiger partial charge in [0.15, 0.2) is 0 Å². The van der Waals surface area contributed by atoms with Crippen molar-refractivity contribution in [2.75, 3.05) is 0 Å². The van der Waals surface area contributed by atoms with Gasteiger partial charge in [0.25, 0.3) is 0 Å². The summed E-state index contributed by atoms with van der Waals surface area (Å²) in [5.41, 5.74) is 1.42. The Bertz CT molecular complexity index is 752. The highest BCUT2D eigenvalue weighted by Crippen LogP contribution is 2.25. The topological polar surface area (TPSA) is 69.6 Å². The average Bonchev–Trinajstić information content (AvgIpc) is 3.09. The van der Waals surface area contributed by atoms with Gasteiger partial charge < -0.3 is 4.52 Å². The Morgan fingerprint density at radius 3 is 2.86 bits per heavy atom. The van der Waals surface area contributed by atoms with E-state index < -0.39 is 0 Å². The summed E-state index contributed by atoms with van der Waals surface area (Å²) in [5.74, 6) is 0.866. The molecule has 1 atom stereocenters. The molecule has 0 radical (unpaired) electrons. The maximum absolute atomic E-state index is 6.10. The molecule has 2 aromatic heterocycles. The van der Waals surface area contributed by atoms with Crippen LogP contribution in [0.25, 0.3) is 11.4 Å². The molecule has 0 N–H and O–H groups in total. The lowest BCUT2D eigenvalue weighted by Gasteiger charge is -1.96. The van der Waals surface area contributed by atoms with Crippen LogP contribution >= 0.6 is 23.2 Å². The molecular formula is C13H11Cl2N5O. The van der Waals surface area contributed by atoms with E-state index in [2.05, 4.69) is 20.5 Å². The molecule has 0 bridgehead atoms. The molecule has 1 unspecified atom stereocenters. The third kappa shape index (κ3) is 3.06. The summed E-state index contributed by atoms with van der Waals surface area (Å²) in [4.78, 5) is 4.31. The minimum Gasteiger partial charge on any atom is -0.337 e. The van der Waals surface area contributed by atoms with Crippen LogP contribution in [0.2, 0.25) is 5.02 Å². The first-order valence-electron chi connectivity index (χ1n) is 6.25. The molecule has 0 amide bonds. The smallest absolute Gasteiger partial charge is 0.248 e. The Hall–Kier alpha value is -1.92. The van der Waals surface area contributed by atoms with Crippen LogP contribution < -0.4 is 0 Å². The predicted octanol–water partition coefficient (Wildman–Crippen LogP) is 3.33. The molecule has 2 heterocycles. The normalized spacial score (nSPS) is 12.5. The summed E-state index contributed by atoms with van der Waals surface area (Å²) < 4.78 is 6.80. The molecule has 0 saturated carbocycles. The largest absolute Gasteiger partial charge is 0.337 e. The quantitative estimate of drug-likeness (QED) is 0.689. The van der Waals surface area contributed by atoms with E-state index in [-0.39, 0.29) is 5.38 Å². The highest BCUT2D eigenvalue weighted by molar-refractivity contribution is 6.33. The lowest BCUT2D eigenvalue weighted by molar-refractivity contribution is 0.364. The molecule has 0 saturated heterocycles. The molecule has 0 fully saturated rings. The summed E-state index contributed by atoms with van der Waals surface area (Å²) >= 11 is 12.0. The van der Waals surface area contributed by atoms with Gasteiger partial charge in [-0.1, -0.05) is 34.1 Å². The van der Waals surface area contributed by atoms with Gasteiger partial charge in [0.2, 0.25) is 11.7 Å². The van der Waals surface area contributed by atoms with E-state index in [1.807, 2.05) is 25.1 Å². The Morgan fingerprint density at radius 2 is 2.14 bits per heavy atom. The van der Waals surface area contributed by atoms with E-state index in [1.165, 1.54) is 0 Å². The lowest BCUT2D eigenvalue weighted by atomic mass is 10.2. The first-order valence-corrected chi connectivity index (χ1v) is 7.06. The molecule has 0 aliphatic carbocycles. The molecule has 6 nitrogen and oxygen atoms in total. The summed E-state index contributed by atoms with van der Waals surface area (Å²) in [7, 11) is 0. The zero-order chi connectivity index (χ0) is 14.8. The van der Waals surface area contributed by atoms with Gasteiger partial charge in [-0.05, 0) is 19.1 Å². The molecule has 3 aromatic rings. The number of hydrogen-bond acceptors (Lipinski definition) is 5. The number of hydrogen-bond donors (Lipinski definition) is 0. The average molecular weight is 324 g/mol. The van der Waals surface area contributed by atoms with Crippen molar-refractivity contribution in [3.8, 4) is 11.4 Å². The second-order valence-corrected chi connectivity index (χ2v) is 5.51. The van der Waals surface area contributed by atoms with Crippen molar-refractivity contribution in [3.63, 3.8) is 0 Å². The Balaban J connectivity index is 1.80. The number of alkyl halides is 1. The van der Waals surface area contributed by atoms with Crippen molar-refractivity contribution in [2.24, 2.45) is 0 Å². The molecule has 1 aromatic carbocycles. The van der Waals surface area contributed by atoms with Crippen molar-refractivity contribution in [1.29, 1.82) is 0 Å². The summed E-state index contributed by atoms with van der Waals surface area (Å²) in [5, 5.41) is 12.2. The molecule has 21 heavy (non-hydrogen) atoms. The zero-order valence-corrected chi connectivity index (χ0v) is 12.6. The van der Waals surface area contributed by atoms with E-state index in [1.54, 1.807) is 16.9 Å². The van der Waals surface area contributed by atoms with Gasteiger partial charge in [-0.2, -0.15) is 4.98 Å². The van der Waals surface area contributed by atoms with E-state index in [0.717, 1.165) is 5.56 Å². The second-order valence-electron chi connectivity index (χ2n) is 4.45. The van der Waals surface area contributed by atoms with E-state index >= 15 is 0 Å². The Labute approximate surface area is 130 Å². The molecular weight excluding hydrogens is 313 g/mol. The van der Waals surface area contributed by atoms with Crippen LogP contribution in [-0.4, -0.2) is 25.1 Å². The van der Waals surface area contributed by atoms with Gasteiger partial charge >= 0.3 is 0 Å². The van der Waals surface area contributed by atoms with Gasteiger partial charge in [-0.15, -0.1) is 16.7 Å². The van der Waals surface area contributed by atoms with Crippen molar-refractivity contribution >= 4 is 23.2 Å². The van der Waals surface area contributed by atoms with Crippen LogP contribution in [0.3, 0.4) is 0 Å². The number of halogens is 2. The highest BCUT2D eigenvalue weighted by Gasteiger charge is 2.13. The van der Waals surface area contributed by atoms with Gasteiger partial charge in [-0.3, -0.25) is 0 Å². The third-order valence-electron chi connectivity index (χ3n) is 2.84. The predicted molar refractivity (Wildman–Crippen MR) is 78.1 cm³/mol. The van der Waals surface area contributed by atoms with Gasteiger partial charge in [0.05, 0.1) is 16.6 Å². The first-order chi connectivity index (χ1) is 10.1. The Morgan fingerprint density at radius 1 is 1.33 bits per heavy atom. The number of benzene rings is 1. The van der Waals surface area contributed by atoms with Crippen LogP contribution in [0.5, 0.6) is 0 Å². The SMILES string of the molecule is CC(Cl)c1cn(Cc2nc(-c3ccccc3Cl)no2)nn1. The van der Waals surface area contributed by atoms with Crippen molar-refractivity contribution in [3.05, 3.63) is 47.1 Å². The summed E-state index contributed by atoms with van der Waals surface area (Å²) in [6.07, 6.45) is 1.75. The van der Waals surface area contributed by atoms with Gasteiger partial charge in [0.1, 0.15) is 12.2 Å². The summed E-state index contributed by atoms with van der Waals surface area (Å²) in [6, 6.07) is 7.32. The second kappa shape index (κ2) is 5.83. The number of nitrogens with zero attached hydrogens (tertiary/aromatic N) is 5. The van der Waals surface area contributed by atoms with Crippen LogP contribution in [0.15, 0.2) is 35.0 Å². The maximum Gasteiger partial charge on any atom is 0.248 e. The molecule has 8 heteroatoms. The Kier molecular flexibility index (Phi) is 3.90. The molecule has 0 spiro atoms. The third-order valence-corrected chi connectivity index (χ3v) is 3.40. The number of rotatable bonds is 4. The minimum atomic E-state index is -0.194. The van der Waals surface area contributed by atoms with Crippen LogP contribution in [0, 0.1) is 0 Å². The van der Waals surface area contributed by atoms with Crippen molar-refractivity contribution in [1.82, 2.24) is 25.1 Å². The molecule has 3 rings (SSSR count). The van der Waals surface area contributed by atoms with Crippen LogP contribution in [0.1, 0.15) is 23.9 Å². The fraction of sp³-hybridized carbons (Fsp3) is 0.231. The van der Waals surface area contributed by atoms with Crippen LogP contribution in [-0.2, 0) is 6.54 Å². The number of aromatic nitrogens is 5. The van der Waals surface area contributed by atoms with E-state index in [9.17, 15) is 0 Å². The maximum atomic E-state index is 6.10. The molecule has 0 aliphatic heterocycles. The molecule has 108 valence electrons. The first kappa shape index (κ1) is 14.0. The van der Waals surface area contributed by atoms with Crippen molar-refractivity contribution < 1.29 is 4.52 Å². The monoisotopic (exact) mass is 323 g/mol. The minimum absolute atomic E-state index is 0.194. The van der Waals surface area contributed by atoms with E-state index in [4.69, 9.17) is 27.7 Å². The van der Waals surface area contributed by atoms with E-state index in [0.29, 0.717) is 29.0 Å².